The molecule has 0 radical (unpaired) electrons. The fourth-order valence-electron chi connectivity index (χ4n) is 3.02. The van der Waals surface area contributed by atoms with E-state index in [1.165, 1.54) is 12.8 Å². The Morgan fingerprint density at radius 3 is 2.69 bits per heavy atom. The predicted molar refractivity (Wildman–Crippen MR) is 102 cm³/mol. The van der Waals surface area contributed by atoms with Crippen LogP contribution in [-0.4, -0.2) is 41.3 Å². The van der Waals surface area contributed by atoms with Crippen molar-refractivity contribution in [2.24, 2.45) is 5.92 Å². The second-order valence-corrected chi connectivity index (χ2v) is 6.34. The average molecular weight is 380 g/mol. The number of aromatic nitrogens is 3. The van der Waals surface area contributed by atoms with Crippen LogP contribution < -0.4 is 15.4 Å². The number of aromatic amines is 1. The van der Waals surface area contributed by atoms with Gasteiger partial charge in [-0.1, -0.05) is 0 Å². The molecular weight excluding hydrogens is 354 g/mol. The number of piperidine rings is 1. The highest BCUT2D eigenvalue weighted by Crippen LogP contribution is 2.19. The van der Waals surface area contributed by atoms with E-state index < -0.39 is 0 Å². The van der Waals surface area contributed by atoms with E-state index in [1.807, 2.05) is 24.3 Å². The van der Waals surface area contributed by atoms with Crippen LogP contribution in [-0.2, 0) is 11.3 Å². The van der Waals surface area contributed by atoms with Gasteiger partial charge in [0.15, 0.2) is 5.82 Å². The number of nitrogens with zero attached hydrogens (tertiary/aromatic N) is 2. The van der Waals surface area contributed by atoms with Crippen molar-refractivity contribution in [3.05, 3.63) is 30.1 Å². The fourth-order valence-corrected chi connectivity index (χ4v) is 3.02. The van der Waals surface area contributed by atoms with Gasteiger partial charge < -0.3 is 15.4 Å². The highest BCUT2D eigenvalue weighted by atomic mass is 35.5. The van der Waals surface area contributed by atoms with E-state index in [2.05, 4.69) is 25.8 Å². The van der Waals surface area contributed by atoms with Crippen LogP contribution in [0, 0.1) is 5.92 Å². The minimum Gasteiger partial charge on any atom is -0.497 e. The topological polar surface area (TPSA) is 91.9 Å². The first-order chi connectivity index (χ1) is 12.2. The average Bonchev–Trinajstić information content (AvgIpc) is 3.14. The summed E-state index contributed by atoms with van der Waals surface area (Å²) in [4.78, 5) is 16.4. The van der Waals surface area contributed by atoms with Gasteiger partial charge in [0.1, 0.15) is 11.6 Å². The number of nitrogens with one attached hydrogen (secondary N) is 3. The monoisotopic (exact) mass is 379 g/mol. The van der Waals surface area contributed by atoms with E-state index >= 15 is 0 Å². The van der Waals surface area contributed by atoms with Gasteiger partial charge in [-0.3, -0.25) is 9.89 Å². The second kappa shape index (κ2) is 10.1. The molecule has 1 aliphatic rings. The van der Waals surface area contributed by atoms with Crippen LogP contribution >= 0.6 is 12.4 Å². The standard InChI is InChI=1S/C18H25N5O2.ClH/c1-25-15-5-3-14(4-6-15)18-21-16(22-23-18)12-20-17(24)7-2-13-8-10-19-11-9-13;/h3-6,13,19H,2,7-12H2,1H3,(H,20,24)(H,21,22,23);1H. The van der Waals surface area contributed by atoms with E-state index in [-0.39, 0.29) is 18.3 Å². The second-order valence-electron chi connectivity index (χ2n) is 6.34. The van der Waals surface area contributed by atoms with Crippen LogP contribution in [0.15, 0.2) is 24.3 Å². The van der Waals surface area contributed by atoms with Crippen molar-refractivity contribution in [2.45, 2.75) is 32.2 Å². The molecular formula is C18H26ClN5O2. The van der Waals surface area contributed by atoms with Crippen molar-refractivity contribution in [3.63, 3.8) is 0 Å². The van der Waals surface area contributed by atoms with Crippen molar-refractivity contribution in [1.29, 1.82) is 0 Å². The van der Waals surface area contributed by atoms with Crippen molar-refractivity contribution < 1.29 is 9.53 Å². The Morgan fingerprint density at radius 2 is 2.00 bits per heavy atom. The summed E-state index contributed by atoms with van der Waals surface area (Å²) < 4.78 is 5.14. The maximum Gasteiger partial charge on any atom is 0.220 e. The smallest absolute Gasteiger partial charge is 0.220 e. The van der Waals surface area contributed by atoms with Crippen molar-refractivity contribution in [2.75, 3.05) is 20.2 Å². The first-order valence-electron chi connectivity index (χ1n) is 8.77. The number of amides is 1. The molecule has 7 nitrogen and oxygen atoms in total. The highest BCUT2D eigenvalue weighted by Gasteiger charge is 2.14. The Hall–Kier alpha value is -2.12. The Morgan fingerprint density at radius 1 is 1.27 bits per heavy atom. The lowest BCUT2D eigenvalue weighted by Crippen LogP contribution is -2.29. The molecule has 0 unspecified atom stereocenters. The van der Waals surface area contributed by atoms with Gasteiger partial charge >= 0.3 is 0 Å². The molecule has 0 bridgehead atoms. The Labute approximate surface area is 159 Å². The zero-order chi connectivity index (χ0) is 17.5. The molecule has 1 aliphatic heterocycles. The number of carbonyl (C=O) groups excluding carboxylic acids is 1. The zero-order valence-electron chi connectivity index (χ0n) is 15.0. The molecule has 2 heterocycles. The van der Waals surface area contributed by atoms with Gasteiger partial charge in [-0.05, 0) is 62.5 Å². The van der Waals surface area contributed by atoms with Crippen LogP contribution in [0.3, 0.4) is 0 Å². The molecule has 1 amide bonds. The third-order valence-electron chi connectivity index (χ3n) is 4.57. The summed E-state index contributed by atoms with van der Waals surface area (Å²) in [5, 5.41) is 13.3. The van der Waals surface area contributed by atoms with Gasteiger partial charge in [-0.2, -0.15) is 5.10 Å². The molecule has 26 heavy (non-hydrogen) atoms. The number of methoxy groups -OCH3 is 1. The normalized spacial score (nSPS) is 14.5. The van der Waals surface area contributed by atoms with Crippen LogP contribution in [0.1, 0.15) is 31.5 Å². The molecule has 0 aliphatic carbocycles. The number of ether oxygens (including phenoxy) is 1. The van der Waals surface area contributed by atoms with E-state index in [0.717, 1.165) is 30.8 Å². The third-order valence-corrected chi connectivity index (χ3v) is 4.57. The van der Waals surface area contributed by atoms with Crippen molar-refractivity contribution >= 4 is 18.3 Å². The molecule has 1 aromatic carbocycles. The largest absolute Gasteiger partial charge is 0.497 e. The molecule has 1 fully saturated rings. The molecule has 0 atom stereocenters. The SMILES string of the molecule is COc1ccc(-c2n[nH]c(CNC(=O)CCC3CCNCC3)n2)cc1.Cl. The minimum atomic E-state index is 0. The molecule has 0 saturated carbocycles. The number of H-pyrrole nitrogens is 1. The van der Waals surface area contributed by atoms with Crippen molar-refractivity contribution in [3.8, 4) is 17.1 Å². The molecule has 1 saturated heterocycles. The lowest BCUT2D eigenvalue weighted by Gasteiger charge is -2.22. The van der Waals surface area contributed by atoms with Crippen LogP contribution in [0.5, 0.6) is 5.75 Å². The molecule has 8 heteroatoms. The van der Waals surface area contributed by atoms with Gasteiger partial charge in [0.05, 0.1) is 13.7 Å². The quantitative estimate of drug-likeness (QED) is 0.686. The third kappa shape index (κ3) is 5.71. The predicted octanol–water partition coefficient (Wildman–Crippen LogP) is 2.30. The summed E-state index contributed by atoms with van der Waals surface area (Å²) >= 11 is 0. The van der Waals surface area contributed by atoms with E-state index in [4.69, 9.17) is 4.74 Å². The van der Waals surface area contributed by atoms with Gasteiger partial charge in [0.2, 0.25) is 5.91 Å². The van der Waals surface area contributed by atoms with Gasteiger partial charge in [-0.15, -0.1) is 12.4 Å². The van der Waals surface area contributed by atoms with Crippen LogP contribution in [0.25, 0.3) is 11.4 Å². The number of hydrogen-bond acceptors (Lipinski definition) is 5. The summed E-state index contributed by atoms with van der Waals surface area (Å²) in [6.07, 6.45) is 3.87. The summed E-state index contributed by atoms with van der Waals surface area (Å²) in [6.45, 7) is 2.51. The lowest BCUT2D eigenvalue weighted by atomic mass is 9.93. The van der Waals surface area contributed by atoms with E-state index in [0.29, 0.717) is 30.5 Å². The Kier molecular flexibility index (Phi) is 7.87. The maximum atomic E-state index is 12.0. The molecule has 2 aromatic rings. The molecule has 3 rings (SSSR count). The number of carbonyl (C=O) groups is 1. The summed E-state index contributed by atoms with van der Waals surface area (Å²) in [6, 6.07) is 7.55. The molecule has 142 valence electrons. The molecule has 0 spiro atoms. The van der Waals surface area contributed by atoms with Gasteiger partial charge in [0, 0.05) is 12.0 Å². The lowest BCUT2D eigenvalue weighted by molar-refractivity contribution is -0.121. The van der Waals surface area contributed by atoms with Gasteiger partial charge in [0.25, 0.3) is 0 Å². The Balaban J connectivity index is 0.00000243. The van der Waals surface area contributed by atoms with E-state index in [9.17, 15) is 4.79 Å². The molecule has 3 N–H and O–H groups in total. The van der Waals surface area contributed by atoms with Crippen LogP contribution in [0.2, 0.25) is 0 Å². The zero-order valence-corrected chi connectivity index (χ0v) is 15.8. The summed E-state index contributed by atoms with van der Waals surface area (Å²) in [5.74, 6) is 2.79. The summed E-state index contributed by atoms with van der Waals surface area (Å²) in [7, 11) is 1.63. The first-order valence-corrected chi connectivity index (χ1v) is 8.77. The number of benzene rings is 1. The maximum absolute atomic E-state index is 12.0. The number of rotatable bonds is 7. The number of halogens is 1. The fraction of sp³-hybridized carbons (Fsp3) is 0.500. The minimum absolute atomic E-state index is 0. The molecule has 1 aromatic heterocycles. The highest BCUT2D eigenvalue weighted by molar-refractivity contribution is 5.85. The van der Waals surface area contributed by atoms with Gasteiger partial charge in [-0.25, -0.2) is 4.98 Å². The van der Waals surface area contributed by atoms with Crippen LogP contribution in [0.4, 0.5) is 0 Å². The first kappa shape index (κ1) is 20.2. The van der Waals surface area contributed by atoms with E-state index in [1.54, 1.807) is 7.11 Å². The Bertz CT molecular complexity index is 683. The summed E-state index contributed by atoms with van der Waals surface area (Å²) in [5.41, 5.74) is 0.903. The number of hydrogen-bond donors (Lipinski definition) is 3. The van der Waals surface area contributed by atoms with Crippen molar-refractivity contribution in [1.82, 2.24) is 25.8 Å².